The van der Waals surface area contributed by atoms with Crippen LogP contribution in [-0.4, -0.2) is 19.1 Å². The largest absolute Gasteiger partial charge is 0.496 e. The molecule has 0 bridgehead atoms. The second-order valence-corrected chi connectivity index (χ2v) is 4.36. The van der Waals surface area contributed by atoms with Crippen molar-refractivity contribution in [2.24, 2.45) is 0 Å². The Kier molecular flexibility index (Phi) is 4.21. The fourth-order valence-electron chi connectivity index (χ4n) is 1.52. The first-order chi connectivity index (χ1) is 7.08. The highest BCUT2D eigenvalue weighted by Gasteiger charge is 2.08. The molecule has 0 aliphatic carbocycles. The molecule has 0 heterocycles. The van der Waals surface area contributed by atoms with Crippen molar-refractivity contribution >= 4 is 17.5 Å². The molecule has 0 amide bonds. The lowest BCUT2D eigenvalue weighted by Gasteiger charge is -2.11. The number of hydrogen-bond donors (Lipinski definition) is 0. The Bertz CT molecular complexity index is 372. The topological polar surface area (TPSA) is 26.3 Å². The van der Waals surface area contributed by atoms with Gasteiger partial charge in [-0.15, -0.1) is 11.8 Å². The molecule has 0 radical (unpaired) electrons. The summed E-state index contributed by atoms with van der Waals surface area (Å²) in [4.78, 5) is 12.3. The minimum atomic E-state index is 0.177. The molecule has 1 aromatic rings. The van der Waals surface area contributed by atoms with E-state index in [1.54, 1.807) is 25.8 Å². The number of benzene rings is 1. The van der Waals surface area contributed by atoms with Gasteiger partial charge in [-0.1, -0.05) is 0 Å². The number of Topliss-reactive ketones (excluding diaryl/α,β-unsaturated/α-hetero) is 1. The lowest BCUT2D eigenvalue weighted by molar-refractivity contribution is -0.116. The molecule has 0 atom stereocenters. The molecular weight excluding hydrogens is 208 g/mol. The number of thioether (sulfide) groups is 1. The molecule has 3 heteroatoms. The number of ether oxygens (including phenoxy) is 1. The number of carbonyl (C=O) groups excluding carboxylic acids is 1. The monoisotopic (exact) mass is 224 g/mol. The van der Waals surface area contributed by atoms with Crippen LogP contribution < -0.4 is 4.74 Å². The van der Waals surface area contributed by atoms with Crippen molar-refractivity contribution in [1.82, 2.24) is 0 Å². The van der Waals surface area contributed by atoms with Crippen LogP contribution in [0.4, 0.5) is 0 Å². The van der Waals surface area contributed by atoms with Gasteiger partial charge in [-0.05, 0) is 43.4 Å². The van der Waals surface area contributed by atoms with Crippen LogP contribution >= 0.6 is 11.8 Å². The van der Waals surface area contributed by atoms with Gasteiger partial charge in [0.15, 0.2) is 0 Å². The van der Waals surface area contributed by atoms with E-state index in [1.807, 2.05) is 19.2 Å². The second-order valence-electron chi connectivity index (χ2n) is 3.51. The predicted octanol–water partition coefficient (Wildman–Crippen LogP) is 2.86. The average Bonchev–Trinajstić information content (AvgIpc) is 2.19. The van der Waals surface area contributed by atoms with Crippen molar-refractivity contribution in [3.63, 3.8) is 0 Å². The van der Waals surface area contributed by atoms with Crippen LogP contribution in [0.5, 0.6) is 5.75 Å². The predicted molar refractivity (Wildman–Crippen MR) is 63.9 cm³/mol. The minimum Gasteiger partial charge on any atom is -0.496 e. The zero-order chi connectivity index (χ0) is 11.4. The average molecular weight is 224 g/mol. The maximum Gasteiger partial charge on any atom is 0.134 e. The Hall–Kier alpha value is -0.960. The molecule has 0 aliphatic heterocycles. The summed E-state index contributed by atoms with van der Waals surface area (Å²) in [5.74, 6) is 1.03. The first kappa shape index (κ1) is 12.1. The Morgan fingerprint density at radius 2 is 2.13 bits per heavy atom. The maximum atomic E-state index is 11.1. The van der Waals surface area contributed by atoms with Crippen LogP contribution in [0, 0.1) is 6.92 Å². The van der Waals surface area contributed by atoms with Crippen LogP contribution in [0.3, 0.4) is 0 Å². The molecule has 0 aliphatic rings. The number of aryl methyl sites for hydroxylation is 1. The summed E-state index contributed by atoms with van der Waals surface area (Å²) in [7, 11) is 1.65. The molecule has 1 aromatic carbocycles. The van der Waals surface area contributed by atoms with Gasteiger partial charge < -0.3 is 4.74 Å². The molecule has 0 aromatic heterocycles. The van der Waals surface area contributed by atoms with Crippen LogP contribution in [-0.2, 0) is 11.2 Å². The first-order valence-electron chi connectivity index (χ1n) is 4.79. The third kappa shape index (κ3) is 2.99. The minimum absolute atomic E-state index is 0.177. The highest BCUT2D eigenvalue weighted by atomic mass is 32.2. The first-order valence-corrected chi connectivity index (χ1v) is 6.02. The van der Waals surface area contributed by atoms with Crippen molar-refractivity contribution in [2.45, 2.75) is 25.2 Å². The van der Waals surface area contributed by atoms with E-state index in [2.05, 4.69) is 6.07 Å². The standard InChI is InChI=1S/C12H16O2S/c1-8-5-12(15-4)10(6-9(2)13)7-11(8)14-3/h5,7H,6H2,1-4H3. The van der Waals surface area contributed by atoms with Gasteiger partial charge in [-0.3, -0.25) is 4.79 Å². The molecule has 0 unspecified atom stereocenters. The van der Waals surface area contributed by atoms with Gasteiger partial charge in [0.05, 0.1) is 7.11 Å². The van der Waals surface area contributed by atoms with E-state index in [0.717, 1.165) is 21.8 Å². The van der Waals surface area contributed by atoms with Gasteiger partial charge in [-0.25, -0.2) is 0 Å². The summed E-state index contributed by atoms with van der Waals surface area (Å²) in [6.45, 7) is 3.62. The normalized spacial score (nSPS) is 10.1. The van der Waals surface area contributed by atoms with E-state index in [4.69, 9.17) is 4.74 Å². The Labute approximate surface area is 95.0 Å². The third-order valence-electron chi connectivity index (χ3n) is 2.24. The quantitative estimate of drug-likeness (QED) is 0.736. The number of rotatable bonds is 4. The highest BCUT2D eigenvalue weighted by molar-refractivity contribution is 7.98. The number of methoxy groups -OCH3 is 1. The summed E-state index contributed by atoms with van der Waals surface area (Å²) in [6, 6.07) is 4.03. The zero-order valence-corrected chi connectivity index (χ0v) is 10.4. The Morgan fingerprint density at radius 1 is 1.47 bits per heavy atom. The van der Waals surface area contributed by atoms with E-state index in [1.165, 1.54) is 0 Å². The van der Waals surface area contributed by atoms with Gasteiger partial charge in [0.25, 0.3) is 0 Å². The third-order valence-corrected chi connectivity index (χ3v) is 3.06. The molecule has 0 fully saturated rings. The van der Waals surface area contributed by atoms with Gasteiger partial charge in [0, 0.05) is 11.3 Å². The molecule has 15 heavy (non-hydrogen) atoms. The number of carbonyl (C=O) groups is 1. The summed E-state index contributed by atoms with van der Waals surface area (Å²) in [6.07, 6.45) is 2.50. The molecule has 82 valence electrons. The fourth-order valence-corrected chi connectivity index (χ4v) is 2.21. The van der Waals surface area contributed by atoms with Gasteiger partial charge in [0.1, 0.15) is 11.5 Å². The molecule has 1 rings (SSSR count). The lowest BCUT2D eigenvalue weighted by atomic mass is 10.1. The van der Waals surface area contributed by atoms with Crippen molar-refractivity contribution < 1.29 is 9.53 Å². The van der Waals surface area contributed by atoms with E-state index >= 15 is 0 Å². The Morgan fingerprint density at radius 3 is 2.60 bits per heavy atom. The highest BCUT2D eigenvalue weighted by Crippen LogP contribution is 2.29. The van der Waals surface area contributed by atoms with E-state index in [0.29, 0.717) is 6.42 Å². The van der Waals surface area contributed by atoms with Crippen molar-refractivity contribution in [3.05, 3.63) is 23.3 Å². The van der Waals surface area contributed by atoms with Gasteiger partial charge in [-0.2, -0.15) is 0 Å². The molecule has 0 spiro atoms. The molecule has 0 saturated carbocycles. The summed E-state index contributed by atoms with van der Waals surface area (Å²) >= 11 is 1.66. The van der Waals surface area contributed by atoms with E-state index in [9.17, 15) is 4.79 Å². The summed E-state index contributed by atoms with van der Waals surface area (Å²) < 4.78 is 5.25. The molecule has 2 nitrogen and oxygen atoms in total. The Balaban J connectivity index is 3.16. The van der Waals surface area contributed by atoms with Gasteiger partial charge >= 0.3 is 0 Å². The van der Waals surface area contributed by atoms with Crippen LogP contribution in [0.1, 0.15) is 18.1 Å². The zero-order valence-electron chi connectivity index (χ0n) is 9.59. The van der Waals surface area contributed by atoms with Crippen LogP contribution in [0.2, 0.25) is 0 Å². The molecule has 0 saturated heterocycles. The fraction of sp³-hybridized carbons (Fsp3) is 0.417. The smallest absolute Gasteiger partial charge is 0.134 e. The summed E-state index contributed by atoms with van der Waals surface area (Å²) in [5, 5.41) is 0. The van der Waals surface area contributed by atoms with Crippen LogP contribution in [0.25, 0.3) is 0 Å². The lowest BCUT2D eigenvalue weighted by Crippen LogP contribution is -2.00. The SMILES string of the molecule is COc1cc(CC(C)=O)c(SC)cc1C. The number of ketones is 1. The maximum absolute atomic E-state index is 11.1. The molecule has 0 N–H and O–H groups in total. The van der Waals surface area contributed by atoms with Gasteiger partial charge in [0.2, 0.25) is 0 Å². The second kappa shape index (κ2) is 5.21. The van der Waals surface area contributed by atoms with Crippen molar-refractivity contribution in [1.29, 1.82) is 0 Å². The van der Waals surface area contributed by atoms with E-state index in [-0.39, 0.29) is 5.78 Å². The van der Waals surface area contributed by atoms with Crippen molar-refractivity contribution in [3.8, 4) is 5.75 Å². The van der Waals surface area contributed by atoms with Crippen molar-refractivity contribution in [2.75, 3.05) is 13.4 Å². The van der Waals surface area contributed by atoms with E-state index < -0.39 is 0 Å². The number of hydrogen-bond acceptors (Lipinski definition) is 3. The van der Waals surface area contributed by atoms with Crippen LogP contribution in [0.15, 0.2) is 17.0 Å². The summed E-state index contributed by atoms with van der Waals surface area (Å²) in [5.41, 5.74) is 2.16. The molecular formula is C12H16O2S.